The lowest BCUT2D eigenvalue weighted by Crippen LogP contribution is -2.46. The van der Waals surface area contributed by atoms with Gasteiger partial charge in [-0.05, 0) is 18.8 Å². The Hall–Kier alpha value is -1.50. The van der Waals surface area contributed by atoms with E-state index in [0.717, 1.165) is 32.1 Å². The molecule has 0 aliphatic heterocycles. The smallest absolute Gasteiger partial charge is 0.326 e. The highest BCUT2D eigenvalue weighted by molar-refractivity contribution is 5.84. The Morgan fingerprint density at radius 2 is 2.00 bits per heavy atom. The number of terminal acetylenes is 1. The lowest BCUT2D eigenvalue weighted by Gasteiger charge is -2.27. The summed E-state index contributed by atoms with van der Waals surface area (Å²) < 4.78 is 0. The van der Waals surface area contributed by atoms with Crippen molar-refractivity contribution in [3.63, 3.8) is 0 Å². The van der Waals surface area contributed by atoms with Crippen LogP contribution in [-0.4, -0.2) is 23.0 Å². The minimum Gasteiger partial charge on any atom is -0.480 e. The highest BCUT2D eigenvalue weighted by Gasteiger charge is 2.30. The van der Waals surface area contributed by atoms with E-state index < -0.39 is 12.0 Å². The van der Waals surface area contributed by atoms with Crippen LogP contribution in [0.1, 0.15) is 38.5 Å². The fourth-order valence-corrected chi connectivity index (χ4v) is 2.17. The molecule has 0 aromatic heterocycles. The van der Waals surface area contributed by atoms with Gasteiger partial charge in [-0.25, -0.2) is 4.79 Å². The van der Waals surface area contributed by atoms with E-state index in [9.17, 15) is 9.59 Å². The number of hydrogen-bond donors (Lipinski definition) is 2. The Morgan fingerprint density at radius 3 is 2.50 bits per heavy atom. The number of amides is 1. The lowest BCUT2D eigenvalue weighted by molar-refractivity contribution is -0.143. The Labute approximate surface area is 95.4 Å². The molecule has 0 bridgehead atoms. The predicted molar refractivity (Wildman–Crippen MR) is 59.6 cm³/mol. The first-order valence-corrected chi connectivity index (χ1v) is 5.60. The van der Waals surface area contributed by atoms with Gasteiger partial charge in [0.15, 0.2) is 0 Å². The lowest BCUT2D eigenvalue weighted by atomic mass is 9.84. The summed E-state index contributed by atoms with van der Waals surface area (Å²) in [5, 5.41) is 11.6. The van der Waals surface area contributed by atoms with Crippen molar-refractivity contribution in [2.75, 3.05) is 0 Å². The fourth-order valence-electron chi connectivity index (χ4n) is 2.17. The number of aliphatic carboxylic acids is 1. The summed E-state index contributed by atoms with van der Waals surface area (Å²) in [7, 11) is 0. The van der Waals surface area contributed by atoms with Crippen LogP contribution in [0.25, 0.3) is 0 Å². The molecule has 1 fully saturated rings. The van der Waals surface area contributed by atoms with Crippen molar-refractivity contribution in [1.82, 2.24) is 5.32 Å². The maximum Gasteiger partial charge on any atom is 0.326 e. The summed E-state index contributed by atoms with van der Waals surface area (Å²) in [6.45, 7) is 0. The van der Waals surface area contributed by atoms with E-state index >= 15 is 0 Å². The Balaban J connectivity index is 2.56. The topological polar surface area (TPSA) is 66.4 Å². The molecule has 1 atom stereocenters. The Morgan fingerprint density at radius 1 is 1.38 bits per heavy atom. The van der Waals surface area contributed by atoms with Gasteiger partial charge in [0.2, 0.25) is 5.91 Å². The zero-order valence-corrected chi connectivity index (χ0v) is 9.24. The van der Waals surface area contributed by atoms with Crippen molar-refractivity contribution in [2.45, 2.75) is 44.6 Å². The Kier molecular flexibility index (Phi) is 4.84. The minimum absolute atomic E-state index is 0.0491. The first-order chi connectivity index (χ1) is 7.65. The van der Waals surface area contributed by atoms with Gasteiger partial charge >= 0.3 is 5.97 Å². The maximum atomic E-state index is 11.3. The largest absolute Gasteiger partial charge is 0.480 e. The second kappa shape index (κ2) is 6.16. The van der Waals surface area contributed by atoms with Crippen molar-refractivity contribution < 1.29 is 14.7 Å². The number of hydrogen-bond acceptors (Lipinski definition) is 2. The second-order valence-electron chi connectivity index (χ2n) is 4.16. The van der Waals surface area contributed by atoms with Crippen LogP contribution in [0.15, 0.2) is 0 Å². The summed E-state index contributed by atoms with van der Waals surface area (Å²) in [5.41, 5.74) is 0. The highest BCUT2D eigenvalue weighted by Crippen LogP contribution is 2.26. The van der Waals surface area contributed by atoms with Crippen LogP contribution in [0.4, 0.5) is 0 Å². The molecule has 2 N–H and O–H groups in total. The van der Waals surface area contributed by atoms with E-state index in [4.69, 9.17) is 11.5 Å². The van der Waals surface area contributed by atoms with Crippen LogP contribution in [0.5, 0.6) is 0 Å². The van der Waals surface area contributed by atoms with Gasteiger partial charge in [0.1, 0.15) is 6.04 Å². The average Bonchev–Trinajstić information content (AvgIpc) is 2.27. The summed E-state index contributed by atoms with van der Waals surface area (Å²) in [5.74, 6) is 0.923. The standard InChI is InChI=1S/C12H17NO3/c1-2-6-10(14)13-11(12(15)16)9-7-4-3-5-8-9/h1,9,11H,3-8H2,(H,13,14)(H,15,16). The van der Waals surface area contributed by atoms with Crippen molar-refractivity contribution in [3.8, 4) is 12.3 Å². The number of rotatable bonds is 4. The first-order valence-electron chi connectivity index (χ1n) is 5.60. The third-order valence-corrected chi connectivity index (χ3v) is 2.97. The van der Waals surface area contributed by atoms with E-state index in [1.807, 2.05) is 0 Å². The molecular weight excluding hydrogens is 206 g/mol. The Bertz CT molecular complexity index is 300. The number of carboxylic acids is 1. The van der Waals surface area contributed by atoms with Gasteiger partial charge in [0.25, 0.3) is 0 Å². The minimum atomic E-state index is -0.961. The SMILES string of the molecule is C#CCC(=O)NC(C(=O)O)C1CCCCC1. The normalized spacial score (nSPS) is 18.4. The molecule has 1 amide bonds. The molecule has 1 unspecified atom stereocenters. The molecule has 1 rings (SSSR count). The highest BCUT2D eigenvalue weighted by atomic mass is 16.4. The molecule has 4 heteroatoms. The maximum absolute atomic E-state index is 11.3. The van der Waals surface area contributed by atoms with Crippen LogP contribution in [0, 0.1) is 18.3 Å². The molecule has 0 radical (unpaired) electrons. The van der Waals surface area contributed by atoms with Crippen molar-refractivity contribution in [3.05, 3.63) is 0 Å². The first kappa shape index (κ1) is 12.6. The van der Waals surface area contributed by atoms with Gasteiger partial charge in [-0.1, -0.05) is 25.2 Å². The van der Waals surface area contributed by atoms with E-state index in [-0.39, 0.29) is 18.2 Å². The van der Waals surface area contributed by atoms with Gasteiger partial charge in [-0.15, -0.1) is 6.42 Å². The molecule has 0 aromatic carbocycles. The zero-order chi connectivity index (χ0) is 12.0. The third kappa shape index (κ3) is 3.58. The van der Waals surface area contributed by atoms with Crippen molar-refractivity contribution in [1.29, 1.82) is 0 Å². The van der Waals surface area contributed by atoms with Gasteiger partial charge in [-0.3, -0.25) is 4.79 Å². The predicted octanol–water partition coefficient (Wildman–Crippen LogP) is 1.16. The molecule has 88 valence electrons. The molecule has 16 heavy (non-hydrogen) atoms. The molecular formula is C12H17NO3. The van der Waals surface area contributed by atoms with Gasteiger partial charge in [0.05, 0.1) is 6.42 Å². The monoisotopic (exact) mass is 223 g/mol. The van der Waals surface area contributed by atoms with Crippen molar-refractivity contribution in [2.24, 2.45) is 5.92 Å². The molecule has 0 aromatic rings. The third-order valence-electron chi connectivity index (χ3n) is 2.97. The number of carbonyl (C=O) groups is 2. The van der Waals surface area contributed by atoms with Crippen LogP contribution in [0.2, 0.25) is 0 Å². The quantitative estimate of drug-likeness (QED) is 0.703. The molecule has 1 saturated carbocycles. The molecule has 0 heterocycles. The summed E-state index contributed by atoms with van der Waals surface area (Å²) in [6, 6.07) is -0.777. The van der Waals surface area contributed by atoms with Gasteiger partial charge in [-0.2, -0.15) is 0 Å². The van der Waals surface area contributed by atoms with E-state index in [2.05, 4.69) is 11.2 Å². The number of nitrogens with one attached hydrogen (secondary N) is 1. The van der Waals surface area contributed by atoms with Crippen LogP contribution in [0.3, 0.4) is 0 Å². The summed E-state index contributed by atoms with van der Waals surface area (Å²) >= 11 is 0. The molecule has 1 aliphatic carbocycles. The van der Waals surface area contributed by atoms with E-state index in [1.165, 1.54) is 0 Å². The zero-order valence-electron chi connectivity index (χ0n) is 9.24. The van der Waals surface area contributed by atoms with Crippen molar-refractivity contribution >= 4 is 11.9 Å². The number of carbonyl (C=O) groups excluding carboxylic acids is 1. The summed E-state index contributed by atoms with van der Waals surface area (Å²) in [6.07, 6.45) is 9.92. The number of carboxylic acid groups (broad SMARTS) is 1. The molecule has 4 nitrogen and oxygen atoms in total. The molecule has 1 aliphatic rings. The van der Waals surface area contributed by atoms with E-state index in [1.54, 1.807) is 0 Å². The average molecular weight is 223 g/mol. The van der Waals surface area contributed by atoms with Crippen LogP contribution < -0.4 is 5.32 Å². The summed E-state index contributed by atoms with van der Waals surface area (Å²) in [4.78, 5) is 22.4. The molecule has 0 spiro atoms. The van der Waals surface area contributed by atoms with Gasteiger partial charge in [0, 0.05) is 0 Å². The second-order valence-corrected chi connectivity index (χ2v) is 4.16. The van der Waals surface area contributed by atoms with Gasteiger partial charge < -0.3 is 10.4 Å². The van der Waals surface area contributed by atoms with Crippen LogP contribution >= 0.6 is 0 Å². The fraction of sp³-hybridized carbons (Fsp3) is 0.667. The van der Waals surface area contributed by atoms with Crippen LogP contribution in [-0.2, 0) is 9.59 Å². The van der Waals surface area contributed by atoms with E-state index in [0.29, 0.717) is 0 Å². The molecule has 0 saturated heterocycles.